The van der Waals surface area contributed by atoms with Crippen molar-refractivity contribution in [1.29, 1.82) is 0 Å². The van der Waals surface area contributed by atoms with Gasteiger partial charge in [0.15, 0.2) is 5.78 Å². The minimum atomic E-state index is -1.16. The molecule has 1 heterocycles. The van der Waals surface area contributed by atoms with Gasteiger partial charge in [-0.3, -0.25) is 19.4 Å². The van der Waals surface area contributed by atoms with E-state index >= 15 is 0 Å². The summed E-state index contributed by atoms with van der Waals surface area (Å²) in [5.41, 5.74) is 14.9. The van der Waals surface area contributed by atoms with E-state index in [1.165, 1.54) is 0 Å². The van der Waals surface area contributed by atoms with E-state index in [4.69, 9.17) is 16.6 Å². The highest BCUT2D eigenvalue weighted by atomic mass is 32.2. The third-order valence-corrected chi connectivity index (χ3v) is 6.45. The molecule has 1 fully saturated rings. The van der Waals surface area contributed by atoms with Crippen molar-refractivity contribution < 1.29 is 19.5 Å². The Morgan fingerprint density at radius 2 is 1.64 bits per heavy atom. The van der Waals surface area contributed by atoms with E-state index < -0.39 is 30.3 Å². The number of Topliss-reactive ketones (excluding diaryl/α,β-unsaturated/α-hetero) is 1. The number of ketones is 1. The van der Waals surface area contributed by atoms with Crippen molar-refractivity contribution in [3.05, 3.63) is 0 Å². The average molecular weight is 417 g/mol. The van der Waals surface area contributed by atoms with Crippen LogP contribution in [-0.4, -0.2) is 61.9 Å². The summed E-state index contributed by atoms with van der Waals surface area (Å²) in [7, 11) is 0. The summed E-state index contributed by atoms with van der Waals surface area (Å²) in [6.45, 7) is 11.1. The minimum Gasteiger partial charge on any atom is -0.481 e. The van der Waals surface area contributed by atoms with Gasteiger partial charge in [0.25, 0.3) is 5.91 Å². The van der Waals surface area contributed by atoms with Gasteiger partial charge in [0.2, 0.25) is 0 Å². The predicted molar refractivity (Wildman–Crippen MR) is 112 cm³/mol. The molecule has 1 aliphatic heterocycles. The van der Waals surface area contributed by atoms with Crippen LogP contribution < -0.4 is 16.9 Å². The predicted octanol–water partition coefficient (Wildman–Crippen LogP) is 1.27. The number of hydrazine groups is 1. The van der Waals surface area contributed by atoms with Gasteiger partial charge in [0, 0.05) is 22.5 Å². The number of hydrogen-bond acceptors (Lipinski definition) is 7. The number of unbranched alkanes of at least 4 members (excludes halogenated alkanes) is 2. The molecule has 0 aromatic carbocycles. The largest absolute Gasteiger partial charge is 0.481 e. The molecule has 0 spiro atoms. The molecule has 0 radical (unpaired) electrons. The molecule has 28 heavy (non-hydrogen) atoms. The second-order valence-corrected chi connectivity index (χ2v) is 10.8. The number of thioether (sulfide) groups is 1. The van der Waals surface area contributed by atoms with Crippen molar-refractivity contribution in [3.63, 3.8) is 0 Å². The molecule has 2 unspecified atom stereocenters. The fraction of sp³-hybridized carbons (Fsp3) is 0.842. The van der Waals surface area contributed by atoms with Gasteiger partial charge in [-0.1, -0.05) is 19.8 Å². The van der Waals surface area contributed by atoms with Gasteiger partial charge in [-0.2, -0.15) is 0 Å². The van der Waals surface area contributed by atoms with E-state index in [9.17, 15) is 14.4 Å². The van der Waals surface area contributed by atoms with Crippen molar-refractivity contribution in [2.24, 2.45) is 11.5 Å². The Labute approximate surface area is 172 Å². The average Bonchev–Trinajstić information content (AvgIpc) is 2.54. The van der Waals surface area contributed by atoms with Crippen LogP contribution in [0.1, 0.15) is 66.7 Å². The van der Waals surface area contributed by atoms with Crippen molar-refractivity contribution in [1.82, 2.24) is 10.4 Å². The summed E-state index contributed by atoms with van der Waals surface area (Å²) in [6, 6.07) is -2.31. The van der Waals surface area contributed by atoms with Gasteiger partial charge in [-0.25, -0.2) is 5.43 Å². The van der Waals surface area contributed by atoms with E-state index in [1.807, 2.05) is 0 Å². The van der Waals surface area contributed by atoms with E-state index in [2.05, 4.69) is 40.0 Å². The van der Waals surface area contributed by atoms with Crippen molar-refractivity contribution in [2.45, 2.75) is 94.3 Å². The van der Waals surface area contributed by atoms with Crippen LogP contribution in [0.3, 0.4) is 0 Å². The summed E-state index contributed by atoms with van der Waals surface area (Å²) in [6.07, 6.45) is 2.30. The standard InChI is InChI=1S/C19H36N4O4S/c1-6-7-8-9-22-23(17-18(2,3)28-19(17,4)5)16(27)13(21)10-14(24)12(20)11-15(25)26/h12-13,17,22H,6-11,20-21H2,1-5H3,(H,25,26). The zero-order valence-electron chi connectivity index (χ0n) is 17.7. The van der Waals surface area contributed by atoms with Gasteiger partial charge in [0.05, 0.1) is 24.5 Å². The maximum atomic E-state index is 13.1. The Morgan fingerprint density at radius 3 is 2.11 bits per heavy atom. The third-order valence-electron chi connectivity index (χ3n) is 4.95. The van der Waals surface area contributed by atoms with Gasteiger partial charge >= 0.3 is 5.97 Å². The molecule has 0 aromatic rings. The van der Waals surface area contributed by atoms with Crippen LogP contribution in [0.4, 0.5) is 0 Å². The zero-order chi connectivity index (χ0) is 21.7. The number of aliphatic carboxylic acids is 1. The number of amides is 1. The maximum absolute atomic E-state index is 13.1. The summed E-state index contributed by atoms with van der Waals surface area (Å²) in [5, 5.41) is 10.4. The molecular weight excluding hydrogens is 380 g/mol. The first-order chi connectivity index (χ1) is 12.8. The molecule has 1 aliphatic rings. The first kappa shape index (κ1) is 24.9. The Balaban J connectivity index is 2.88. The van der Waals surface area contributed by atoms with Crippen LogP contribution in [0.2, 0.25) is 0 Å². The smallest absolute Gasteiger partial charge is 0.305 e. The van der Waals surface area contributed by atoms with Gasteiger partial charge in [-0.05, 0) is 34.1 Å². The van der Waals surface area contributed by atoms with Crippen LogP contribution in [-0.2, 0) is 14.4 Å². The molecule has 9 heteroatoms. The van der Waals surface area contributed by atoms with Crippen LogP contribution in [0.25, 0.3) is 0 Å². The third kappa shape index (κ3) is 6.43. The molecule has 0 aliphatic carbocycles. The number of carboxylic acids is 1. The van der Waals surface area contributed by atoms with Crippen molar-refractivity contribution in [3.8, 4) is 0 Å². The molecule has 1 saturated heterocycles. The molecule has 2 atom stereocenters. The van der Waals surface area contributed by atoms with Gasteiger partial charge in [0.1, 0.15) is 0 Å². The van der Waals surface area contributed by atoms with E-state index in [0.29, 0.717) is 6.54 Å². The highest BCUT2D eigenvalue weighted by molar-refractivity contribution is 8.03. The van der Waals surface area contributed by atoms with Crippen molar-refractivity contribution >= 4 is 29.4 Å². The molecule has 0 aromatic heterocycles. The Bertz CT molecular complexity index is 568. The Kier molecular flexibility index (Phi) is 8.92. The number of hydrogen-bond donors (Lipinski definition) is 4. The van der Waals surface area contributed by atoms with Crippen molar-refractivity contribution in [2.75, 3.05) is 6.54 Å². The summed E-state index contributed by atoms with van der Waals surface area (Å²) >= 11 is 1.80. The SMILES string of the molecule is CCCCCNN(C(=O)C(N)CC(=O)C(N)CC(=O)O)C1C(C)(C)SC1(C)C. The Morgan fingerprint density at radius 1 is 1.07 bits per heavy atom. The molecule has 0 bridgehead atoms. The number of nitrogens with one attached hydrogen (secondary N) is 1. The molecule has 1 rings (SSSR count). The van der Waals surface area contributed by atoms with Crippen LogP contribution in [0.15, 0.2) is 0 Å². The van der Waals surface area contributed by atoms with Crippen LogP contribution in [0.5, 0.6) is 0 Å². The quantitative estimate of drug-likeness (QED) is 0.275. The lowest BCUT2D eigenvalue weighted by molar-refractivity contribution is -0.143. The molecule has 8 nitrogen and oxygen atoms in total. The van der Waals surface area contributed by atoms with Gasteiger partial charge < -0.3 is 16.6 Å². The number of carbonyl (C=O) groups excluding carboxylic acids is 2. The first-order valence-electron chi connectivity index (χ1n) is 9.86. The number of carbonyl (C=O) groups is 3. The second kappa shape index (κ2) is 10.0. The van der Waals surface area contributed by atoms with Crippen LogP contribution in [0, 0.1) is 0 Å². The molecular formula is C19H36N4O4S. The second-order valence-electron chi connectivity index (χ2n) is 8.52. The molecule has 1 amide bonds. The molecule has 162 valence electrons. The van der Waals surface area contributed by atoms with E-state index in [1.54, 1.807) is 16.8 Å². The lowest BCUT2D eigenvalue weighted by Gasteiger charge is -2.60. The van der Waals surface area contributed by atoms with E-state index in [-0.39, 0.29) is 27.9 Å². The zero-order valence-corrected chi connectivity index (χ0v) is 18.5. The minimum absolute atomic E-state index is 0.0898. The summed E-state index contributed by atoms with van der Waals surface area (Å²) in [5.74, 6) is -2.04. The molecule has 0 saturated carbocycles. The maximum Gasteiger partial charge on any atom is 0.305 e. The lowest BCUT2D eigenvalue weighted by Crippen LogP contribution is -2.72. The van der Waals surface area contributed by atoms with Crippen LogP contribution >= 0.6 is 11.8 Å². The fourth-order valence-electron chi connectivity index (χ4n) is 4.00. The lowest BCUT2D eigenvalue weighted by atomic mass is 9.88. The summed E-state index contributed by atoms with van der Waals surface area (Å²) < 4.78 is -0.305. The normalized spacial score (nSPS) is 20.1. The highest BCUT2D eigenvalue weighted by Gasteiger charge is 2.58. The monoisotopic (exact) mass is 416 g/mol. The Hall–Kier alpha value is -1.16. The first-order valence-corrected chi connectivity index (χ1v) is 10.7. The topological polar surface area (TPSA) is 139 Å². The number of rotatable bonds is 12. The van der Waals surface area contributed by atoms with E-state index in [0.717, 1.165) is 19.3 Å². The highest BCUT2D eigenvalue weighted by Crippen LogP contribution is 2.56. The fourth-order valence-corrected chi connectivity index (χ4v) is 6.19. The molecule has 6 N–H and O–H groups in total. The number of nitrogens with two attached hydrogens (primary N) is 2. The number of carboxylic acid groups (broad SMARTS) is 1. The summed E-state index contributed by atoms with van der Waals surface area (Å²) in [4.78, 5) is 36.0. The number of nitrogens with zero attached hydrogens (tertiary/aromatic N) is 1. The van der Waals surface area contributed by atoms with Gasteiger partial charge in [-0.15, -0.1) is 11.8 Å².